The van der Waals surface area contributed by atoms with Crippen molar-refractivity contribution in [2.75, 3.05) is 0 Å². The molecular formula is C4H7N2+. The van der Waals surface area contributed by atoms with Crippen LogP contribution in [-0.2, 0) is 0 Å². The number of nitrogens with zero attached hydrogens (tertiary/aromatic N) is 2. The first-order chi connectivity index (χ1) is 2.93. The van der Waals surface area contributed by atoms with Gasteiger partial charge in [0.05, 0.1) is 0 Å². The van der Waals surface area contributed by atoms with Crippen LogP contribution in [0.25, 0.3) is 4.98 Å². The lowest BCUT2D eigenvalue weighted by Crippen LogP contribution is -2.11. The van der Waals surface area contributed by atoms with E-state index in [1.165, 1.54) is 6.42 Å². The average molecular weight is 83.1 g/mol. The van der Waals surface area contributed by atoms with Crippen LogP contribution >= 0.6 is 0 Å². The van der Waals surface area contributed by atoms with Gasteiger partial charge in [-0.3, -0.25) is 0 Å². The summed E-state index contributed by atoms with van der Waals surface area (Å²) in [5, 5.41) is 8.01. The standard InChI is InChI=1S/C4H7N2/c5-6-4-2-1-3-4/h4H,1-3H2/q+1. The van der Waals surface area contributed by atoms with Crippen molar-refractivity contribution in [3.05, 3.63) is 4.98 Å². The van der Waals surface area contributed by atoms with E-state index < -0.39 is 0 Å². The molecule has 0 aromatic carbocycles. The normalized spacial score (nSPS) is 21.8. The first kappa shape index (κ1) is 3.60. The summed E-state index contributed by atoms with van der Waals surface area (Å²) in [5.74, 6) is 0. The van der Waals surface area contributed by atoms with E-state index >= 15 is 0 Å². The molecule has 2 nitrogen and oxygen atoms in total. The Morgan fingerprint density at radius 1 is 1.50 bits per heavy atom. The topological polar surface area (TPSA) is 28.1 Å². The third kappa shape index (κ3) is 0.364. The van der Waals surface area contributed by atoms with Crippen molar-refractivity contribution in [2.24, 2.45) is 0 Å². The maximum Gasteiger partial charge on any atom is 0.314 e. The molecule has 0 aromatic rings. The zero-order valence-corrected chi connectivity index (χ0v) is 3.59. The van der Waals surface area contributed by atoms with Gasteiger partial charge in [0, 0.05) is 12.8 Å². The van der Waals surface area contributed by atoms with E-state index in [0.717, 1.165) is 12.8 Å². The Morgan fingerprint density at radius 3 is 2.17 bits per heavy atom. The quantitative estimate of drug-likeness (QED) is 0.407. The van der Waals surface area contributed by atoms with Gasteiger partial charge in [-0.1, -0.05) is 0 Å². The molecule has 1 fully saturated rings. The van der Waals surface area contributed by atoms with E-state index in [1.54, 1.807) is 0 Å². The summed E-state index contributed by atoms with van der Waals surface area (Å²) in [6.45, 7) is 0. The fraction of sp³-hybridized carbons (Fsp3) is 1.00. The van der Waals surface area contributed by atoms with Gasteiger partial charge in [0.25, 0.3) is 0 Å². The summed E-state index contributed by atoms with van der Waals surface area (Å²) in [4.78, 5) is 3.09. The van der Waals surface area contributed by atoms with Crippen molar-refractivity contribution in [3.63, 3.8) is 0 Å². The van der Waals surface area contributed by atoms with Crippen molar-refractivity contribution in [3.8, 4) is 0 Å². The summed E-state index contributed by atoms with van der Waals surface area (Å²) < 4.78 is 0. The predicted octanol–water partition coefficient (Wildman–Crippen LogP) is 1.39. The van der Waals surface area contributed by atoms with E-state index in [0.29, 0.717) is 6.04 Å². The van der Waals surface area contributed by atoms with Gasteiger partial charge in [0.2, 0.25) is 5.39 Å². The molecule has 6 heavy (non-hydrogen) atoms. The molecule has 0 unspecified atom stereocenters. The maximum absolute atomic E-state index is 8.01. The molecule has 1 saturated carbocycles. The largest absolute Gasteiger partial charge is 0.314 e. The summed E-state index contributed by atoms with van der Waals surface area (Å²) >= 11 is 0. The number of hydrogen-bond donors (Lipinski definition) is 0. The molecule has 0 spiro atoms. The van der Waals surface area contributed by atoms with Crippen molar-refractivity contribution < 1.29 is 0 Å². The van der Waals surface area contributed by atoms with E-state index in [9.17, 15) is 0 Å². The summed E-state index contributed by atoms with van der Waals surface area (Å²) in [7, 11) is 0. The van der Waals surface area contributed by atoms with Crippen LogP contribution in [0, 0.1) is 5.39 Å². The van der Waals surface area contributed by atoms with Gasteiger partial charge in [0.15, 0.2) is 0 Å². The monoisotopic (exact) mass is 83.1 g/mol. The van der Waals surface area contributed by atoms with Crippen molar-refractivity contribution in [2.45, 2.75) is 25.3 Å². The Morgan fingerprint density at radius 2 is 2.17 bits per heavy atom. The summed E-state index contributed by atoms with van der Waals surface area (Å²) in [6.07, 6.45) is 3.43. The van der Waals surface area contributed by atoms with Crippen LogP contribution in [0.2, 0.25) is 0 Å². The molecule has 0 amide bonds. The van der Waals surface area contributed by atoms with Crippen LogP contribution in [0.5, 0.6) is 0 Å². The Kier molecular flexibility index (Phi) is 0.754. The van der Waals surface area contributed by atoms with Gasteiger partial charge >= 0.3 is 6.04 Å². The van der Waals surface area contributed by atoms with Gasteiger partial charge in [-0.2, -0.15) is 0 Å². The second kappa shape index (κ2) is 1.25. The molecule has 0 N–H and O–H groups in total. The van der Waals surface area contributed by atoms with Crippen molar-refractivity contribution in [1.29, 1.82) is 5.39 Å². The Hall–Kier alpha value is -0.580. The highest BCUT2D eigenvalue weighted by atomic mass is 14.9. The fourth-order valence-corrected chi connectivity index (χ4v) is 0.502. The second-order valence-corrected chi connectivity index (χ2v) is 1.70. The van der Waals surface area contributed by atoms with Crippen LogP contribution in [0.15, 0.2) is 0 Å². The maximum atomic E-state index is 8.01. The second-order valence-electron chi connectivity index (χ2n) is 1.70. The molecule has 0 bridgehead atoms. The predicted molar refractivity (Wildman–Crippen MR) is 22.7 cm³/mol. The number of hydrogen-bond acceptors (Lipinski definition) is 1. The van der Waals surface area contributed by atoms with Crippen LogP contribution in [-0.4, -0.2) is 6.04 Å². The van der Waals surface area contributed by atoms with Crippen LogP contribution in [0.1, 0.15) is 19.3 Å². The number of rotatable bonds is 0. The summed E-state index contributed by atoms with van der Waals surface area (Å²) in [5.41, 5.74) is 0. The first-order valence-electron chi connectivity index (χ1n) is 2.27. The Labute approximate surface area is 36.8 Å². The van der Waals surface area contributed by atoms with E-state index in [4.69, 9.17) is 5.39 Å². The molecule has 0 heterocycles. The Balaban J connectivity index is 2.22. The summed E-state index contributed by atoms with van der Waals surface area (Å²) in [6, 6.07) is 0.296. The minimum absolute atomic E-state index is 0.296. The Bertz CT molecular complexity index is 78.0. The molecule has 0 atom stereocenters. The molecule has 1 aliphatic carbocycles. The highest BCUT2D eigenvalue weighted by Gasteiger charge is 2.27. The minimum Gasteiger partial charge on any atom is -0.0379 e. The molecule has 0 radical (unpaired) electrons. The minimum atomic E-state index is 0.296. The third-order valence-corrected chi connectivity index (χ3v) is 1.24. The van der Waals surface area contributed by atoms with E-state index in [-0.39, 0.29) is 0 Å². The van der Waals surface area contributed by atoms with Gasteiger partial charge in [0.1, 0.15) is 4.98 Å². The van der Waals surface area contributed by atoms with Gasteiger partial charge in [-0.15, -0.1) is 0 Å². The van der Waals surface area contributed by atoms with E-state index in [1.807, 2.05) is 0 Å². The number of diazo groups is 1. The zero-order chi connectivity index (χ0) is 4.41. The first-order valence-corrected chi connectivity index (χ1v) is 2.27. The molecular weight excluding hydrogens is 76.1 g/mol. The zero-order valence-electron chi connectivity index (χ0n) is 3.59. The van der Waals surface area contributed by atoms with Crippen LogP contribution in [0.3, 0.4) is 0 Å². The highest BCUT2D eigenvalue weighted by Crippen LogP contribution is 2.20. The van der Waals surface area contributed by atoms with Crippen molar-refractivity contribution >= 4 is 0 Å². The molecule has 32 valence electrons. The van der Waals surface area contributed by atoms with E-state index in [2.05, 4.69) is 4.98 Å². The van der Waals surface area contributed by atoms with Gasteiger partial charge in [-0.05, 0) is 6.42 Å². The SMILES string of the molecule is N#[N+]C1CCC1. The molecule has 1 rings (SSSR count). The lowest BCUT2D eigenvalue weighted by molar-refractivity contribution is 0.464. The molecule has 0 saturated heterocycles. The van der Waals surface area contributed by atoms with Crippen LogP contribution < -0.4 is 0 Å². The molecule has 2 heteroatoms. The van der Waals surface area contributed by atoms with Crippen LogP contribution in [0.4, 0.5) is 0 Å². The smallest absolute Gasteiger partial charge is 0.0379 e. The van der Waals surface area contributed by atoms with Gasteiger partial charge < -0.3 is 0 Å². The van der Waals surface area contributed by atoms with Crippen molar-refractivity contribution in [1.82, 2.24) is 0 Å². The lowest BCUT2D eigenvalue weighted by Gasteiger charge is -2.04. The molecule has 0 aromatic heterocycles. The highest BCUT2D eigenvalue weighted by molar-refractivity contribution is 4.83. The average Bonchev–Trinajstić information content (AvgIpc) is 1.31. The molecule has 0 aliphatic heterocycles. The lowest BCUT2D eigenvalue weighted by atomic mass is 9.94. The van der Waals surface area contributed by atoms with Gasteiger partial charge in [-0.25, -0.2) is 0 Å². The third-order valence-electron chi connectivity index (χ3n) is 1.24. The fourth-order valence-electron chi connectivity index (χ4n) is 0.502. The molecule has 1 aliphatic rings.